The topological polar surface area (TPSA) is 38.7 Å². The van der Waals surface area contributed by atoms with Crippen LogP contribution in [0.5, 0.6) is 0 Å². The molecule has 3 nitrogen and oxygen atoms in total. The van der Waals surface area contributed by atoms with Gasteiger partial charge in [0, 0.05) is 33.7 Å². The normalized spacial score (nSPS) is 14.7. The highest BCUT2D eigenvalue weighted by Crippen LogP contribution is 2.53. The average molecular weight is 664 g/mol. The Morgan fingerprint density at radius 1 is 0.404 bits per heavy atom. The van der Waals surface area contributed by atoms with Crippen molar-refractivity contribution >= 4 is 21.7 Å². The Balaban J connectivity index is 1.16. The number of nitrogens with zero attached hydrogens (tertiary/aromatic N) is 3. The van der Waals surface area contributed by atoms with E-state index >= 15 is 0 Å². The molecule has 0 saturated heterocycles. The van der Waals surface area contributed by atoms with Crippen LogP contribution in [-0.4, -0.2) is 15.0 Å². The SMILES string of the molecule is CC1(c2ccccc2)c2ccccc2-c2ccc(-c3ccc(-c4cc(-c5cccc6ncccc56)nc(-c5ccccc5)n4)c4ccccc34)cc21. The lowest BCUT2D eigenvalue weighted by Gasteiger charge is -2.28. The molecule has 0 aliphatic heterocycles. The number of hydrogen-bond acceptors (Lipinski definition) is 3. The second kappa shape index (κ2) is 12.0. The van der Waals surface area contributed by atoms with E-state index in [2.05, 4.69) is 158 Å². The van der Waals surface area contributed by atoms with Crippen LogP contribution in [0.2, 0.25) is 0 Å². The van der Waals surface area contributed by atoms with E-state index in [1.54, 1.807) is 0 Å². The van der Waals surface area contributed by atoms with Crippen LogP contribution in [0, 0.1) is 0 Å². The first kappa shape index (κ1) is 30.1. The van der Waals surface area contributed by atoms with E-state index in [1.165, 1.54) is 44.3 Å². The van der Waals surface area contributed by atoms with E-state index in [0.29, 0.717) is 5.82 Å². The van der Waals surface area contributed by atoms with Crippen molar-refractivity contribution in [2.45, 2.75) is 12.3 Å². The van der Waals surface area contributed by atoms with Gasteiger partial charge in [0.25, 0.3) is 0 Å². The van der Waals surface area contributed by atoms with Crippen LogP contribution in [0.3, 0.4) is 0 Å². The molecule has 0 amide bonds. The molecule has 1 atom stereocenters. The molecule has 0 spiro atoms. The zero-order valence-corrected chi connectivity index (χ0v) is 28.7. The Morgan fingerprint density at radius 2 is 1.00 bits per heavy atom. The van der Waals surface area contributed by atoms with E-state index in [0.717, 1.165) is 44.4 Å². The van der Waals surface area contributed by atoms with Crippen LogP contribution in [0.4, 0.5) is 0 Å². The maximum absolute atomic E-state index is 5.23. The van der Waals surface area contributed by atoms with Gasteiger partial charge in [0.05, 0.1) is 16.9 Å². The average Bonchev–Trinajstić information content (AvgIpc) is 3.48. The molecule has 9 aromatic rings. The monoisotopic (exact) mass is 663 g/mol. The van der Waals surface area contributed by atoms with Gasteiger partial charge in [0.15, 0.2) is 5.82 Å². The van der Waals surface area contributed by atoms with Gasteiger partial charge in [0.1, 0.15) is 0 Å². The number of aromatic nitrogens is 3. The summed E-state index contributed by atoms with van der Waals surface area (Å²) in [7, 11) is 0. The molecule has 0 fully saturated rings. The maximum atomic E-state index is 5.23. The molecule has 52 heavy (non-hydrogen) atoms. The number of benzene rings is 7. The minimum absolute atomic E-state index is 0.263. The number of pyridine rings is 1. The molecule has 3 heteroatoms. The minimum atomic E-state index is -0.263. The third-order valence-corrected chi connectivity index (χ3v) is 10.9. The quantitative estimate of drug-likeness (QED) is 0.184. The minimum Gasteiger partial charge on any atom is -0.256 e. The molecular weight excluding hydrogens is 631 g/mol. The molecule has 1 unspecified atom stereocenters. The fourth-order valence-corrected chi connectivity index (χ4v) is 8.28. The van der Waals surface area contributed by atoms with Crippen molar-refractivity contribution in [1.29, 1.82) is 0 Å². The maximum Gasteiger partial charge on any atom is 0.160 e. The first-order valence-corrected chi connectivity index (χ1v) is 17.8. The van der Waals surface area contributed by atoms with Gasteiger partial charge in [0.2, 0.25) is 0 Å². The van der Waals surface area contributed by atoms with Crippen LogP contribution in [0.25, 0.3) is 77.8 Å². The third kappa shape index (κ3) is 4.70. The summed E-state index contributed by atoms with van der Waals surface area (Å²) in [5, 5.41) is 3.40. The van der Waals surface area contributed by atoms with Crippen LogP contribution in [-0.2, 0) is 5.41 Å². The number of fused-ring (bicyclic) bond motifs is 5. The smallest absolute Gasteiger partial charge is 0.160 e. The third-order valence-electron chi connectivity index (χ3n) is 10.9. The zero-order valence-electron chi connectivity index (χ0n) is 28.7. The zero-order chi connectivity index (χ0) is 34.6. The van der Waals surface area contributed by atoms with Gasteiger partial charge in [-0.3, -0.25) is 4.98 Å². The van der Waals surface area contributed by atoms with Gasteiger partial charge in [-0.05, 0) is 80.9 Å². The lowest BCUT2D eigenvalue weighted by atomic mass is 9.74. The Morgan fingerprint density at radius 3 is 1.81 bits per heavy atom. The summed E-state index contributed by atoms with van der Waals surface area (Å²) in [5.41, 5.74) is 14.5. The predicted molar refractivity (Wildman–Crippen MR) is 214 cm³/mol. The van der Waals surface area contributed by atoms with Crippen LogP contribution < -0.4 is 0 Å². The Hall–Kier alpha value is -6.71. The first-order valence-electron chi connectivity index (χ1n) is 17.8. The molecule has 0 radical (unpaired) electrons. The van der Waals surface area contributed by atoms with Crippen molar-refractivity contribution < 1.29 is 0 Å². The molecule has 1 aliphatic rings. The van der Waals surface area contributed by atoms with Gasteiger partial charge < -0.3 is 0 Å². The second-order valence-corrected chi connectivity index (χ2v) is 13.7. The predicted octanol–water partition coefficient (Wildman–Crippen LogP) is 12.2. The van der Waals surface area contributed by atoms with E-state index in [-0.39, 0.29) is 5.41 Å². The molecule has 0 bridgehead atoms. The number of hydrogen-bond donors (Lipinski definition) is 0. The van der Waals surface area contributed by atoms with E-state index in [4.69, 9.17) is 9.97 Å². The largest absolute Gasteiger partial charge is 0.256 e. The lowest BCUT2D eigenvalue weighted by Crippen LogP contribution is -2.22. The molecule has 2 aromatic heterocycles. The van der Waals surface area contributed by atoms with Gasteiger partial charge in [-0.1, -0.05) is 152 Å². The second-order valence-electron chi connectivity index (χ2n) is 13.7. The van der Waals surface area contributed by atoms with Gasteiger partial charge in [-0.2, -0.15) is 0 Å². The molecule has 7 aromatic carbocycles. The molecule has 244 valence electrons. The highest BCUT2D eigenvalue weighted by atomic mass is 14.9. The molecule has 1 aliphatic carbocycles. The summed E-state index contributed by atoms with van der Waals surface area (Å²) in [4.78, 5) is 15.0. The van der Waals surface area contributed by atoms with Crippen molar-refractivity contribution in [3.8, 4) is 56.2 Å². The summed E-state index contributed by atoms with van der Waals surface area (Å²) in [5.74, 6) is 0.695. The van der Waals surface area contributed by atoms with E-state index in [1.807, 2.05) is 36.5 Å². The molecule has 0 saturated carbocycles. The summed E-state index contributed by atoms with van der Waals surface area (Å²) in [6, 6.07) is 62.8. The first-order chi connectivity index (χ1) is 25.7. The summed E-state index contributed by atoms with van der Waals surface area (Å²) in [6.07, 6.45) is 1.84. The Kier molecular flexibility index (Phi) is 6.94. The molecule has 0 N–H and O–H groups in total. The van der Waals surface area contributed by atoms with Gasteiger partial charge in [-0.25, -0.2) is 9.97 Å². The summed E-state index contributed by atoms with van der Waals surface area (Å²) < 4.78 is 0. The lowest BCUT2D eigenvalue weighted by molar-refractivity contribution is 0.714. The van der Waals surface area contributed by atoms with Crippen molar-refractivity contribution in [1.82, 2.24) is 15.0 Å². The van der Waals surface area contributed by atoms with E-state index in [9.17, 15) is 0 Å². The molecular formula is C49H33N3. The van der Waals surface area contributed by atoms with Crippen LogP contribution in [0.1, 0.15) is 23.6 Å². The summed E-state index contributed by atoms with van der Waals surface area (Å²) >= 11 is 0. The van der Waals surface area contributed by atoms with Gasteiger partial charge >= 0.3 is 0 Å². The number of rotatable bonds is 5. The van der Waals surface area contributed by atoms with Crippen molar-refractivity contribution in [3.63, 3.8) is 0 Å². The molecule has 2 heterocycles. The molecule has 10 rings (SSSR count). The fraction of sp³-hybridized carbons (Fsp3) is 0.0408. The van der Waals surface area contributed by atoms with Crippen molar-refractivity contribution in [3.05, 3.63) is 199 Å². The van der Waals surface area contributed by atoms with Crippen LogP contribution in [0.15, 0.2) is 182 Å². The van der Waals surface area contributed by atoms with Gasteiger partial charge in [-0.15, -0.1) is 0 Å². The summed E-state index contributed by atoms with van der Waals surface area (Å²) in [6.45, 7) is 2.38. The Labute approximate surface area is 303 Å². The fourth-order valence-electron chi connectivity index (χ4n) is 8.28. The van der Waals surface area contributed by atoms with E-state index < -0.39 is 0 Å². The van der Waals surface area contributed by atoms with Crippen LogP contribution >= 0.6 is 0 Å². The standard InChI is InChI=1S/C49H33N3/c1-49(34-16-6-3-7-17-34)43-23-11-10-20-38(43)39-26-25-33(30-44(39)49)35-27-28-42(37-19-9-8-18-36(35)37)47-31-46(51-48(52-47)32-14-4-2-5-15-32)41-21-12-24-45-40(41)22-13-29-50-45/h2-31H,1H3. The highest BCUT2D eigenvalue weighted by molar-refractivity contribution is 6.05. The Bertz CT molecular complexity index is 2800. The van der Waals surface area contributed by atoms with Crippen molar-refractivity contribution in [2.24, 2.45) is 0 Å². The van der Waals surface area contributed by atoms with Crippen molar-refractivity contribution in [2.75, 3.05) is 0 Å². The highest BCUT2D eigenvalue weighted by Gasteiger charge is 2.40.